The number of pyridine rings is 1. The molecule has 9 heteroatoms. The molecule has 4 aromatic rings. The SMILES string of the molecule is COc1cc2nc(C)ccc2cc1-c1cc([C@@H](N)CCCCCC(=O)c2ccon2)no1.Cl. The second-order valence-corrected chi connectivity index (χ2v) is 7.83. The highest BCUT2D eigenvalue weighted by molar-refractivity contribution is 5.93. The van der Waals surface area contributed by atoms with Gasteiger partial charge in [0.15, 0.2) is 11.5 Å². The molecule has 0 aliphatic heterocycles. The van der Waals surface area contributed by atoms with Gasteiger partial charge in [0.05, 0.1) is 24.2 Å². The number of ketones is 1. The topological polar surface area (TPSA) is 117 Å². The van der Waals surface area contributed by atoms with Gasteiger partial charge in [-0.1, -0.05) is 29.2 Å². The zero-order valence-electron chi connectivity index (χ0n) is 18.6. The highest BCUT2D eigenvalue weighted by atomic mass is 35.5. The summed E-state index contributed by atoms with van der Waals surface area (Å²) in [5.74, 6) is 1.27. The third-order valence-electron chi connectivity index (χ3n) is 5.47. The van der Waals surface area contributed by atoms with Crippen LogP contribution in [0.3, 0.4) is 0 Å². The molecule has 0 saturated carbocycles. The van der Waals surface area contributed by atoms with Gasteiger partial charge in [0.1, 0.15) is 23.4 Å². The average Bonchev–Trinajstić information content (AvgIpc) is 3.50. The average molecular weight is 471 g/mol. The molecule has 0 radical (unpaired) electrons. The third-order valence-corrected chi connectivity index (χ3v) is 5.47. The van der Waals surface area contributed by atoms with Gasteiger partial charge in [0.2, 0.25) is 0 Å². The highest BCUT2D eigenvalue weighted by Crippen LogP contribution is 2.35. The van der Waals surface area contributed by atoms with Crippen LogP contribution in [-0.2, 0) is 0 Å². The number of rotatable bonds is 10. The number of aromatic nitrogens is 3. The number of hydrogen-bond acceptors (Lipinski definition) is 8. The first-order valence-electron chi connectivity index (χ1n) is 10.7. The number of hydrogen-bond donors (Lipinski definition) is 1. The Kier molecular flexibility index (Phi) is 8.19. The molecule has 1 aromatic carbocycles. The van der Waals surface area contributed by atoms with Gasteiger partial charge in [0, 0.05) is 35.7 Å². The Hall–Kier alpha value is -3.23. The van der Waals surface area contributed by atoms with E-state index >= 15 is 0 Å². The molecule has 0 unspecified atom stereocenters. The Morgan fingerprint density at radius 1 is 1.12 bits per heavy atom. The molecule has 2 N–H and O–H groups in total. The molecule has 3 aromatic heterocycles. The monoisotopic (exact) mass is 470 g/mol. The van der Waals surface area contributed by atoms with Crippen LogP contribution in [0.15, 0.2) is 51.7 Å². The normalized spacial score (nSPS) is 11.8. The number of methoxy groups -OCH3 is 1. The van der Waals surface area contributed by atoms with E-state index in [9.17, 15) is 4.79 Å². The molecule has 0 aliphatic carbocycles. The fourth-order valence-electron chi connectivity index (χ4n) is 3.66. The summed E-state index contributed by atoms with van der Waals surface area (Å²) in [6, 6.07) is 11.1. The van der Waals surface area contributed by atoms with Crippen molar-refractivity contribution in [3.8, 4) is 17.1 Å². The fraction of sp³-hybridized carbons (Fsp3) is 0.333. The van der Waals surface area contributed by atoms with Crippen LogP contribution in [0.2, 0.25) is 0 Å². The number of nitrogens with zero attached hydrogens (tertiary/aromatic N) is 3. The lowest BCUT2D eigenvalue weighted by molar-refractivity contribution is 0.0970. The predicted octanol–water partition coefficient (Wildman–Crippen LogP) is 5.45. The van der Waals surface area contributed by atoms with E-state index in [4.69, 9.17) is 19.5 Å². The van der Waals surface area contributed by atoms with E-state index in [-0.39, 0.29) is 24.2 Å². The molecule has 174 valence electrons. The van der Waals surface area contributed by atoms with Crippen molar-refractivity contribution in [2.75, 3.05) is 7.11 Å². The highest BCUT2D eigenvalue weighted by Gasteiger charge is 2.17. The van der Waals surface area contributed by atoms with Crippen molar-refractivity contribution in [1.82, 2.24) is 15.3 Å². The minimum atomic E-state index is -0.241. The van der Waals surface area contributed by atoms with Crippen LogP contribution in [-0.4, -0.2) is 28.2 Å². The summed E-state index contributed by atoms with van der Waals surface area (Å²) in [6.45, 7) is 1.96. The summed E-state index contributed by atoms with van der Waals surface area (Å²) in [5, 5.41) is 8.84. The maximum Gasteiger partial charge on any atom is 0.184 e. The van der Waals surface area contributed by atoms with Crippen LogP contribution in [0.25, 0.3) is 22.2 Å². The molecule has 0 saturated heterocycles. The maximum absolute atomic E-state index is 11.9. The van der Waals surface area contributed by atoms with Crippen LogP contribution < -0.4 is 10.5 Å². The van der Waals surface area contributed by atoms with Crippen LogP contribution in [0.1, 0.15) is 60.0 Å². The first-order chi connectivity index (χ1) is 15.5. The molecular weight excluding hydrogens is 444 g/mol. The van der Waals surface area contributed by atoms with Crippen LogP contribution >= 0.6 is 12.4 Å². The van der Waals surface area contributed by atoms with Crippen molar-refractivity contribution in [3.63, 3.8) is 0 Å². The Labute approximate surface area is 197 Å². The Morgan fingerprint density at radius 2 is 1.97 bits per heavy atom. The van der Waals surface area contributed by atoms with Gasteiger partial charge in [-0.25, -0.2) is 0 Å². The molecule has 8 nitrogen and oxygen atoms in total. The maximum atomic E-state index is 11.9. The van der Waals surface area contributed by atoms with Gasteiger partial charge >= 0.3 is 0 Å². The number of fused-ring (bicyclic) bond motifs is 1. The smallest absolute Gasteiger partial charge is 0.184 e. The third kappa shape index (κ3) is 5.77. The van der Waals surface area contributed by atoms with Crippen LogP contribution in [0.5, 0.6) is 5.75 Å². The van der Waals surface area contributed by atoms with E-state index in [0.717, 1.165) is 47.8 Å². The Balaban J connectivity index is 0.00000306. The van der Waals surface area contributed by atoms with Crippen molar-refractivity contribution in [2.45, 2.75) is 45.1 Å². The number of halogens is 1. The molecule has 1 atom stereocenters. The predicted molar refractivity (Wildman–Crippen MR) is 127 cm³/mol. The first kappa shape index (κ1) is 24.4. The van der Waals surface area contributed by atoms with Crippen molar-refractivity contribution in [1.29, 1.82) is 0 Å². The van der Waals surface area contributed by atoms with Gasteiger partial charge < -0.3 is 19.5 Å². The van der Waals surface area contributed by atoms with E-state index in [1.165, 1.54) is 6.26 Å². The molecule has 0 amide bonds. The Morgan fingerprint density at radius 3 is 2.73 bits per heavy atom. The number of aryl methyl sites for hydroxylation is 1. The first-order valence-corrected chi connectivity index (χ1v) is 10.7. The van der Waals surface area contributed by atoms with Gasteiger partial charge in [-0.15, -0.1) is 12.4 Å². The van der Waals surface area contributed by atoms with Crippen LogP contribution in [0.4, 0.5) is 0 Å². The summed E-state index contributed by atoms with van der Waals surface area (Å²) in [7, 11) is 1.62. The molecular formula is C24H27ClN4O4. The van der Waals surface area contributed by atoms with E-state index in [1.54, 1.807) is 13.2 Å². The molecule has 0 spiro atoms. The number of benzene rings is 1. The van der Waals surface area contributed by atoms with Gasteiger partial charge in [-0.3, -0.25) is 9.78 Å². The number of Topliss-reactive ketones (excluding diaryl/α,β-unsaturated/α-hetero) is 1. The summed E-state index contributed by atoms with van der Waals surface area (Å²) >= 11 is 0. The largest absolute Gasteiger partial charge is 0.496 e. The molecule has 4 rings (SSSR count). The van der Waals surface area contributed by atoms with Crippen molar-refractivity contribution < 1.29 is 18.6 Å². The van der Waals surface area contributed by atoms with Gasteiger partial charge in [-0.05, 0) is 31.9 Å². The molecule has 0 fully saturated rings. The van der Waals surface area contributed by atoms with Crippen LogP contribution in [0, 0.1) is 6.92 Å². The van der Waals surface area contributed by atoms with E-state index in [2.05, 4.69) is 15.3 Å². The van der Waals surface area contributed by atoms with E-state index < -0.39 is 0 Å². The molecule has 3 heterocycles. The fourth-order valence-corrected chi connectivity index (χ4v) is 3.66. The number of carbonyl (C=O) groups excluding carboxylic acids is 1. The quantitative estimate of drug-likeness (QED) is 0.240. The summed E-state index contributed by atoms with van der Waals surface area (Å²) in [5.41, 5.74) is 10.0. The minimum absolute atomic E-state index is 0. The number of ether oxygens (including phenoxy) is 1. The number of carbonyl (C=O) groups is 1. The lowest BCUT2D eigenvalue weighted by Gasteiger charge is -2.08. The van der Waals surface area contributed by atoms with Gasteiger partial charge in [0.25, 0.3) is 0 Å². The number of unbranched alkanes of at least 4 members (excludes halogenated alkanes) is 2. The van der Waals surface area contributed by atoms with Crippen molar-refractivity contribution in [3.05, 3.63) is 59.7 Å². The second kappa shape index (κ2) is 11.1. The van der Waals surface area contributed by atoms with E-state index in [1.807, 2.05) is 37.3 Å². The molecule has 0 bridgehead atoms. The van der Waals surface area contributed by atoms with Crippen molar-refractivity contribution >= 4 is 29.1 Å². The zero-order chi connectivity index (χ0) is 22.5. The zero-order valence-corrected chi connectivity index (χ0v) is 19.4. The standard InChI is InChI=1S/C24H26N4O4.ClH/c1-15-8-9-16-12-17(23(30-2)13-20(16)26-15)24-14-21(28-32-24)18(25)6-4-3-5-7-22(29)19-10-11-31-27-19;/h8-14,18H,3-7,25H2,1-2H3;1H/t18-;/m0./s1. The lowest BCUT2D eigenvalue weighted by Crippen LogP contribution is -2.10. The molecule has 33 heavy (non-hydrogen) atoms. The summed E-state index contributed by atoms with van der Waals surface area (Å²) < 4.78 is 15.9. The Bertz CT molecular complexity index is 1210. The van der Waals surface area contributed by atoms with Gasteiger partial charge in [-0.2, -0.15) is 0 Å². The summed E-state index contributed by atoms with van der Waals surface area (Å²) in [4.78, 5) is 16.5. The second-order valence-electron chi connectivity index (χ2n) is 7.83. The molecule has 0 aliphatic rings. The summed E-state index contributed by atoms with van der Waals surface area (Å²) in [6.07, 6.45) is 5.18. The van der Waals surface area contributed by atoms with E-state index in [0.29, 0.717) is 29.3 Å². The van der Waals surface area contributed by atoms with Crippen molar-refractivity contribution in [2.24, 2.45) is 5.73 Å². The minimum Gasteiger partial charge on any atom is -0.496 e. The lowest BCUT2D eigenvalue weighted by atomic mass is 10.0. The number of nitrogens with two attached hydrogens (primary N) is 1.